The number of hydrogen-bond acceptors (Lipinski definition) is 2. The van der Waals surface area contributed by atoms with Gasteiger partial charge in [0.05, 0.1) is 5.02 Å². The SMILES string of the molecule is Cc1ccc(Cl)c(OCc2c(N)cccc2Br)c1. The van der Waals surface area contributed by atoms with Gasteiger partial charge >= 0.3 is 0 Å². The molecule has 2 rings (SSSR count). The number of rotatable bonds is 3. The van der Waals surface area contributed by atoms with Crippen LogP contribution in [0.4, 0.5) is 5.69 Å². The van der Waals surface area contributed by atoms with Crippen LogP contribution in [0, 0.1) is 6.92 Å². The van der Waals surface area contributed by atoms with E-state index < -0.39 is 0 Å². The smallest absolute Gasteiger partial charge is 0.138 e. The van der Waals surface area contributed by atoms with Crippen molar-refractivity contribution in [3.05, 3.63) is 57.0 Å². The zero-order valence-electron chi connectivity index (χ0n) is 9.91. The lowest BCUT2D eigenvalue weighted by Gasteiger charge is -2.12. The van der Waals surface area contributed by atoms with E-state index in [1.165, 1.54) is 0 Å². The lowest BCUT2D eigenvalue weighted by atomic mass is 10.2. The van der Waals surface area contributed by atoms with Gasteiger partial charge in [0.25, 0.3) is 0 Å². The van der Waals surface area contributed by atoms with E-state index in [-0.39, 0.29) is 0 Å². The summed E-state index contributed by atoms with van der Waals surface area (Å²) in [4.78, 5) is 0. The maximum absolute atomic E-state index is 6.07. The van der Waals surface area contributed by atoms with Crippen molar-refractivity contribution in [1.82, 2.24) is 0 Å². The normalized spacial score (nSPS) is 10.4. The molecule has 0 radical (unpaired) electrons. The molecule has 0 amide bonds. The summed E-state index contributed by atoms with van der Waals surface area (Å²) < 4.78 is 6.66. The maximum atomic E-state index is 6.07. The van der Waals surface area contributed by atoms with Crippen LogP contribution in [0.1, 0.15) is 11.1 Å². The molecule has 2 nitrogen and oxygen atoms in total. The summed E-state index contributed by atoms with van der Waals surface area (Å²) in [6.07, 6.45) is 0. The second-order valence-corrected chi connectivity index (χ2v) is 5.29. The van der Waals surface area contributed by atoms with E-state index in [0.717, 1.165) is 15.6 Å². The summed E-state index contributed by atoms with van der Waals surface area (Å²) >= 11 is 9.53. The number of nitrogen functional groups attached to an aromatic ring is 1. The Morgan fingerprint density at radius 1 is 1.28 bits per heavy atom. The van der Waals surface area contributed by atoms with Crippen LogP contribution in [0.2, 0.25) is 5.02 Å². The zero-order chi connectivity index (χ0) is 13.1. The molecule has 2 N–H and O–H groups in total. The average Bonchev–Trinajstić information content (AvgIpc) is 2.33. The van der Waals surface area contributed by atoms with Gasteiger partial charge in [-0.15, -0.1) is 0 Å². The number of benzene rings is 2. The van der Waals surface area contributed by atoms with Crippen LogP contribution in [0.15, 0.2) is 40.9 Å². The minimum absolute atomic E-state index is 0.385. The minimum Gasteiger partial charge on any atom is -0.487 e. The Hall–Kier alpha value is -1.19. The fourth-order valence-electron chi connectivity index (χ4n) is 1.60. The van der Waals surface area contributed by atoms with Crippen molar-refractivity contribution in [2.24, 2.45) is 0 Å². The molecule has 18 heavy (non-hydrogen) atoms. The van der Waals surface area contributed by atoms with Gasteiger partial charge in [-0.25, -0.2) is 0 Å². The topological polar surface area (TPSA) is 35.2 Å². The Labute approximate surface area is 120 Å². The number of nitrogens with two attached hydrogens (primary N) is 1. The molecule has 0 aromatic heterocycles. The van der Waals surface area contributed by atoms with Crippen LogP contribution < -0.4 is 10.5 Å². The number of halogens is 2. The maximum Gasteiger partial charge on any atom is 0.138 e. The highest BCUT2D eigenvalue weighted by molar-refractivity contribution is 9.10. The highest BCUT2D eigenvalue weighted by Crippen LogP contribution is 2.28. The minimum atomic E-state index is 0.385. The molecule has 0 aliphatic carbocycles. The molecule has 4 heteroatoms. The summed E-state index contributed by atoms with van der Waals surface area (Å²) in [6.45, 7) is 2.38. The molecule has 0 aliphatic heterocycles. The van der Waals surface area contributed by atoms with Gasteiger partial charge in [0, 0.05) is 15.7 Å². The third-order valence-electron chi connectivity index (χ3n) is 2.61. The average molecular weight is 327 g/mol. The second-order valence-electron chi connectivity index (χ2n) is 4.03. The number of hydrogen-bond donors (Lipinski definition) is 1. The first-order valence-corrected chi connectivity index (χ1v) is 6.67. The van der Waals surface area contributed by atoms with Crippen LogP contribution in [-0.2, 0) is 6.61 Å². The van der Waals surface area contributed by atoms with Crippen molar-refractivity contribution in [2.45, 2.75) is 13.5 Å². The lowest BCUT2D eigenvalue weighted by molar-refractivity contribution is 0.306. The number of anilines is 1. The van der Waals surface area contributed by atoms with Crippen LogP contribution in [0.25, 0.3) is 0 Å². The monoisotopic (exact) mass is 325 g/mol. The zero-order valence-corrected chi connectivity index (χ0v) is 12.3. The van der Waals surface area contributed by atoms with Crippen LogP contribution in [-0.4, -0.2) is 0 Å². The Bertz CT molecular complexity index is 551. The molecule has 0 spiro atoms. The molecule has 0 saturated heterocycles. The highest BCUT2D eigenvalue weighted by atomic mass is 79.9. The van der Waals surface area contributed by atoms with E-state index in [1.807, 2.05) is 43.3 Å². The molecule has 0 bridgehead atoms. The van der Waals surface area contributed by atoms with E-state index in [9.17, 15) is 0 Å². The standard InChI is InChI=1S/C14H13BrClNO/c1-9-5-6-12(16)14(7-9)18-8-10-11(15)3-2-4-13(10)17/h2-7H,8,17H2,1H3. The summed E-state index contributed by atoms with van der Waals surface area (Å²) in [6, 6.07) is 11.4. The van der Waals surface area contributed by atoms with E-state index >= 15 is 0 Å². The Morgan fingerprint density at radius 3 is 2.78 bits per heavy atom. The third-order valence-corrected chi connectivity index (χ3v) is 3.67. The Kier molecular flexibility index (Phi) is 4.15. The van der Waals surface area contributed by atoms with Gasteiger partial charge in [0.1, 0.15) is 12.4 Å². The summed E-state index contributed by atoms with van der Waals surface area (Å²) in [7, 11) is 0. The molecule has 0 heterocycles. The predicted molar refractivity (Wildman–Crippen MR) is 79.1 cm³/mol. The van der Waals surface area contributed by atoms with E-state index in [1.54, 1.807) is 0 Å². The van der Waals surface area contributed by atoms with Crippen molar-refractivity contribution >= 4 is 33.2 Å². The van der Waals surface area contributed by atoms with Gasteiger partial charge in [-0.05, 0) is 36.8 Å². The summed E-state index contributed by atoms with van der Waals surface area (Å²) in [5.41, 5.74) is 8.64. The molecule has 0 atom stereocenters. The van der Waals surface area contributed by atoms with Gasteiger partial charge < -0.3 is 10.5 Å². The quantitative estimate of drug-likeness (QED) is 0.838. The van der Waals surface area contributed by atoms with E-state index in [0.29, 0.717) is 23.1 Å². The second kappa shape index (κ2) is 5.63. The van der Waals surface area contributed by atoms with Gasteiger partial charge in [-0.1, -0.05) is 39.7 Å². The number of aryl methyl sites for hydroxylation is 1. The predicted octanol–water partition coefficient (Wildman–Crippen LogP) is 4.57. The molecule has 94 valence electrons. The molecule has 0 aliphatic rings. The van der Waals surface area contributed by atoms with E-state index in [2.05, 4.69) is 15.9 Å². The van der Waals surface area contributed by atoms with Crippen LogP contribution in [0.5, 0.6) is 5.75 Å². The van der Waals surface area contributed by atoms with Crippen molar-refractivity contribution in [3.63, 3.8) is 0 Å². The van der Waals surface area contributed by atoms with Gasteiger partial charge in [0.15, 0.2) is 0 Å². The highest BCUT2D eigenvalue weighted by Gasteiger charge is 2.07. The van der Waals surface area contributed by atoms with Crippen molar-refractivity contribution in [2.75, 3.05) is 5.73 Å². The van der Waals surface area contributed by atoms with Gasteiger partial charge in [0.2, 0.25) is 0 Å². The largest absolute Gasteiger partial charge is 0.487 e. The van der Waals surface area contributed by atoms with Crippen molar-refractivity contribution in [3.8, 4) is 5.75 Å². The lowest BCUT2D eigenvalue weighted by Crippen LogP contribution is -2.01. The Morgan fingerprint density at radius 2 is 2.06 bits per heavy atom. The summed E-state index contributed by atoms with van der Waals surface area (Å²) in [5.74, 6) is 0.673. The number of ether oxygens (including phenoxy) is 1. The molecule has 0 saturated carbocycles. The molecular weight excluding hydrogens is 314 g/mol. The molecule has 0 unspecified atom stereocenters. The fourth-order valence-corrected chi connectivity index (χ4v) is 2.27. The first-order chi connectivity index (χ1) is 8.58. The van der Waals surface area contributed by atoms with Crippen LogP contribution in [0.3, 0.4) is 0 Å². The Balaban J connectivity index is 2.19. The molecule has 2 aromatic carbocycles. The van der Waals surface area contributed by atoms with Crippen LogP contribution >= 0.6 is 27.5 Å². The molecular formula is C14H13BrClNO. The molecule has 0 fully saturated rings. The third kappa shape index (κ3) is 2.98. The van der Waals surface area contributed by atoms with Crippen molar-refractivity contribution < 1.29 is 4.74 Å². The fraction of sp³-hybridized carbons (Fsp3) is 0.143. The van der Waals surface area contributed by atoms with Gasteiger partial charge in [-0.3, -0.25) is 0 Å². The van der Waals surface area contributed by atoms with Crippen molar-refractivity contribution in [1.29, 1.82) is 0 Å². The summed E-state index contributed by atoms with van der Waals surface area (Å²) in [5, 5.41) is 0.603. The van der Waals surface area contributed by atoms with E-state index in [4.69, 9.17) is 22.1 Å². The first-order valence-electron chi connectivity index (χ1n) is 5.50. The first kappa shape index (κ1) is 13.2. The van der Waals surface area contributed by atoms with Gasteiger partial charge in [-0.2, -0.15) is 0 Å². The molecule has 2 aromatic rings.